The van der Waals surface area contributed by atoms with Gasteiger partial charge in [-0.15, -0.1) is 11.6 Å². The Morgan fingerprint density at radius 3 is 2.95 bits per heavy atom. The second-order valence-electron chi connectivity index (χ2n) is 4.47. The first kappa shape index (κ1) is 13.1. The molecule has 0 aliphatic carbocycles. The van der Waals surface area contributed by atoms with Gasteiger partial charge in [-0.3, -0.25) is 4.98 Å². The van der Waals surface area contributed by atoms with Crippen molar-refractivity contribution in [3.63, 3.8) is 0 Å². The third-order valence-electron chi connectivity index (χ3n) is 3.07. The maximum absolute atomic E-state index is 5.85. The van der Waals surface area contributed by atoms with Gasteiger partial charge in [0.25, 0.3) is 0 Å². The molecule has 20 heavy (non-hydrogen) atoms. The SMILES string of the molecule is Cc1noc(CCn2c(CCCl)nc3cnccc32)n1. The number of halogens is 1. The number of nitrogens with zero attached hydrogens (tertiary/aromatic N) is 5. The van der Waals surface area contributed by atoms with Crippen LogP contribution in [0.25, 0.3) is 11.0 Å². The van der Waals surface area contributed by atoms with Gasteiger partial charge >= 0.3 is 0 Å². The van der Waals surface area contributed by atoms with E-state index < -0.39 is 0 Å². The molecule has 0 bridgehead atoms. The number of rotatable bonds is 5. The summed E-state index contributed by atoms with van der Waals surface area (Å²) in [4.78, 5) is 12.9. The molecule has 7 heteroatoms. The molecule has 104 valence electrons. The topological polar surface area (TPSA) is 69.6 Å². The van der Waals surface area contributed by atoms with Crippen molar-refractivity contribution < 1.29 is 4.52 Å². The Kier molecular flexibility index (Phi) is 3.64. The largest absolute Gasteiger partial charge is 0.339 e. The first-order chi connectivity index (χ1) is 9.78. The molecular formula is C13H14ClN5O. The molecule has 0 aliphatic rings. The van der Waals surface area contributed by atoms with Crippen molar-refractivity contribution in [1.82, 2.24) is 24.7 Å². The minimum Gasteiger partial charge on any atom is -0.339 e. The normalized spacial score (nSPS) is 11.3. The second kappa shape index (κ2) is 5.58. The van der Waals surface area contributed by atoms with Crippen molar-refractivity contribution in [2.24, 2.45) is 0 Å². The fraction of sp³-hybridized carbons (Fsp3) is 0.385. The molecule has 0 saturated heterocycles. The lowest BCUT2D eigenvalue weighted by atomic mass is 10.3. The average molecular weight is 292 g/mol. The third-order valence-corrected chi connectivity index (χ3v) is 3.26. The molecule has 3 rings (SSSR count). The number of aromatic nitrogens is 5. The molecule has 6 nitrogen and oxygen atoms in total. The summed E-state index contributed by atoms with van der Waals surface area (Å²) in [5.41, 5.74) is 1.94. The standard InChI is InChI=1S/C13H14ClN5O/c1-9-16-13(20-18-9)4-7-19-11-3-6-15-8-10(11)17-12(19)2-5-14/h3,6,8H,2,4-5,7H2,1H3. The molecule has 0 unspecified atom stereocenters. The van der Waals surface area contributed by atoms with Crippen LogP contribution < -0.4 is 0 Å². The van der Waals surface area contributed by atoms with Crippen molar-refractivity contribution in [3.05, 3.63) is 36.0 Å². The molecule has 0 spiro atoms. The van der Waals surface area contributed by atoms with Gasteiger partial charge < -0.3 is 9.09 Å². The van der Waals surface area contributed by atoms with Gasteiger partial charge in [-0.25, -0.2) is 4.98 Å². The van der Waals surface area contributed by atoms with Crippen molar-refractivity contribution in [2.75, 3.05) is 5.88 Å². The smallest absolute Gasteiger partial charge is 0.228 e. The average Bonchev–Trinajstić information content (AvgIpc) is 3.00. The maximum atomic E-state index is 5.85. The summed E-state index contributed by atoms with van der Waals surface area (Å²) in [7, 11) is 0. The Balaban J connectivity index is 1.90. The van der Waals surface area contributed by atoms with Gasteiger partial charge in [0.05, 0.1) is 11.7 Å². The highest BCUT2D eigenvalue weighted by Gasteiger charge is 2.11. The highest BCUT2D eigenvalue weighted by atomic mass is 35.5. The molecule has 0 atom stereocenters. The lowest BCUT2D eigenvalue weighted by molar-refractivity contribution is 0.368. The van der Waals surface area contributed by atoms with Gasteiger partial charge in [-0.1, -0.05) is 5.16 Å². The monoisotopic (exact) mass is 291 g/mol. The van der Waals surface area contributed by atoms with Gasteiger partial charge in [0.1, 0.15) is 11.3 Å². The highest BCUT2D eigenvalue weighted by molar-refractivity contribution is 6.17. The van der Waals surface area contributed by atoms with Crippen LogP contribution in [0.15, 0.2) is 23.0 Å². The zero-order valence-corrected chi connectivity index (χ0v) is 11.8. The van der Waals surface area contributed by atoms with E-state index in [1.165, 1.54) is 0 Å². The van der Waals surface area contributed by atoms with Crippen LogP contribution in [0.4, 0.5) is 0 Å². The van der Waals surface area contributed by atoms with Crippen LogP contribution in [0.1, 0.15) is 17.5 Å². The maximum Gasteiger partial charge on any atom is 0.228 e. The zero-order chi connectivity index (χ0) is 13.9. The minimum atomic E-state index is 0.538. The molecule has 0 N–H and O–H groups in total. The molecular weight excluding hydrogens is 278 g/mol. The van der Waals surface area contributed by atoms with Crippen molar-refractivity contribution >= 4 is 22.6 Å². The number of pyridine rings is 1. The van der Waals surface area contributed by atoms with E-state index in [-0.39, 0.29) is 0 Å². The number of aryl methyl sites for hydroxylation is 4. The Labute approximate surface area is 120 Å². The van der Waals surface area contributed by atoms with Crippen LogP contribution in [-0.2, 0) is 19.4 Å². The summed E-state index contributed by atoms with van der Waals surface area (Å²) in [5.74, 6) is 2.78. The second-order valence-corrected chi connectivity index (χ2v) is 4.85. The zero-order valence-electron chi connectivity index (χ0n) is 11.1. The molecule has 3 aromatic heterocycles. The molecule has 0 aliphatic heterocycles. The Morgan fingerprint density at radius 1 is 1.30 bits per heavy atom. The van der Waals surface area contributed by atoms with Gasteiger partial charge in [0.2, 0.25) is 5.89 Å². The van der Waals surface area contributed by atoms with Gasteiger partial charge in [-0.05, 0) is 13.0 Å². The van der Waals surface area contributed by atoms with Gasteiger partial charge in [0.15, 0.2) is 5.82 Å². The van der Waals surface area contributed by atoms with Crippen LogP contribution in [-0.4, -0.2) is 30.6 Å². The first-order valence-electron chi connectivity index (χ1n) is 6.42. The number of imidazole rings is 1. The van der Waals surface area contributed by atoms with Crippen LogP contribution >= 0.6 is 11.6 Å². The molecule has 0 aromatic carbocycles. The summed E-state index contributed by atoms with van der Waals surface area (Å²) in [6.45, 7) is 2.54. The fourth-order valence-corrected chi connectivity index (χ4v) is 2.37. The molecule has 0 amide bonds. The van der Waals surface area contributed by atoms with Crippen molar-refractivity contribution in [3.8, 4) is 0 Å². The number of fused-ring (bicyclic) bond motifs is 1. The summed E-state index contributed by atoms with van der Waals surface area (Å²) in [6, 6.07) is 1.96. The van der Waals surface area contributed by atoms with Gasteiger partial charge in [-0.2, -0.15) is 4.98 Å². The van der Waals surface area contributed by atoms with E-state index in [1.807, 2.05) is 13.0 Å². The van der Waals surface area contributed by atoms with Crippen molar-refractivity contribution in [2.45, 2.75) is 26.3 Å². The first-order valence-corrected chi connectivity index (χ1v) is 6.95. The van der Waals surface area contributed by atoms with E-state index in [9.17, 15) is 0 Å². The predicted octanol–water partition coefficient (Wildman–Crippen LogP) is 2.15. The number of alkyl halides is 1. The number of hydrogen-bond acceptors (Lipinski definition) is 5. The Bertz CT molecular complexity index is 720. The highest BCUT2D eigenvalue weighted by Crippen LogP contribution is 2.16. The van der Waals surface area contributed by atoms with Crippen LogP contribution in [0.5, 0.6) is 0 Å². The Hall–Kier alpha value is -1.95. The van der Waals surface area contributed by atoms with E-state index in [4.69, 9.17) is 16.1 Å². The van der Waals surface area contributed by atoms with Crippen LogP contribution in [0, 0.1) is 6.92 Å². The summed E-state index contributed by atoms with van der Waals surface area (Å²) in [5, 5.41) is 3.80. The predicted molar refractivity (Wildman–Crippen MR) is 74.7 cm³/mol. The van der Waals surface area contributed by atoms with Crippen molar-refractivity contribution in [1.29, 1.82) is 0 Å². The Morgan fingerprint density at radius 2 is 2.20 bits per heavy atom. The molecule has 0 fully saturated rings. The van der Waals surface area contributed by atoms with E-state index in [1.54, 1.807) is 12.4 Å². The van der Waals surface area contributed by atoms with Gasteiger partial charge in [0, 0.05) is 31.5 Å². The lowest BCUT2D eigenvalue weighted by Gasteiger charge is -2.06. The lowest BCUT2D eigenvalue weighted by Crippen LogP contribution is -2.07. The summed E-state index contributed by atoms with van der Waals surface area (Å²) >= 11 is 5.85. The molecule has 3 aromatic rings. The minimum absolute atomic E-state index is 0.538. The molecule has 0 radical (unpaired) electrons. The van der Waals surface area contributed by atoms with E-state index in [2.05, 4.69) is 24.7 Å². The quantitative estimate of drug-likeness (QED) is 0.674. The summed E-state index contributed by atoms with van der Waals surface area (Å²) < 4.78 is 7.28. The van der Waals surface area contributed by atoms with Crippen LogP contribution in [0.2, 0.25) is 0 Å². The van der Waals surface area contributed by atoms with Crippen LogP contribution in [0.3, 0.4) is 0 Å². The number of hydrogen-bond donors (Lipinski definition) is 0. The summed E-state index contributed by atoms with van der Waals surface area (Å²) in [6.07, 6.45) is 4.92. The van der Waals surface area contributed by atoms with E-state index in [0.717, 1.165) is 29.8 Å². The molecule has 3 heterocycles. The molecule has 0 saturated carbocycles. The van der Waals surface area contributed by atoms with E-state index >= 15 is 0 Å². The fourth-order valence-electron chi connectivity index (χ4n) is 2.21. The third kappa shape index (κ3) is 2.51. The van der Waals surface area contributed by atoms with E-state index in [0.29, 0.717) is 24.0 Å².